The summed E-state index contributed by atoms with van der Waals surface area (Å²) in [6.45, 7) is 9.42. The van der Waals surface area contributed by atoms with Gasteiger partial charge in [0.25, 0.3) is 5.85 Å². The number of ether oxygens (including phenoxy) is 1. The molecule has 0 saturated heterocycles. The average Bonchev–Trinajstić information content (AvgIpc) is 2.53. The molecule has 0 bridgehead atoms. The molecule has 0 aliphatic heterocycles. The van der Waals surface area contributed by atoms with Gasteiger partial charge in [-0.3, -0.25) is 0 Å². The molecule has 142 valence electrons. The van der Waals surface area contributed by atoms with Crippen LogP contribution < -0.4 is 0 Å². The molecule has 1 atom stereocenters. The molecule has 1 unspecified atom stereocenters. The summed E-state index contributed by atoms with van der Waals surface area (Å²) in [5.41, 5.74) is 0.264. The monoisotopic (exact) mass is 342 g/mol. The van der Waals surface area contributed by atoms with E-state index in [0.29, 0.717) is 12.8 Å². The van der Waals surface area contributed by atoms with Crippen LogP contribution in [0, 0.1) is 0 Å². The second kappa shape index (κ2) is 14.5. The Kier molecular flexibility index (Phi) is 14.0. The Hall–Kier alpha value is -0.860. The molecule has 0 aromatic rings. The van der Waals surface area contributed by atoms with Gasteiger partial charge in [-0.1, -0.05) is 84.6 Å². The van der Waals surface area contributed by atoms with Gasteiger partial charge in [0, 0.05) is 18.4 Å². The van der Waals surface area contributed by atoms with Crippen molar-refractivity contribution in [3.05, 3.63) is 12.2 Å². The number of unbranched alkanes of at least 4 members (excludes halogenated alkanes) is 10. The maximum Gasteiger partial charge on any atom is 0.335 e. The van der Waals surface area contributed by atoms with Crippen molar-refractivity contribution in [2.45, 2.75) is 117 Å². The van der Waals surface area contributed by atoms with Crippen LogP contribution in [-0.2, 0) is 9.53 Å². The average molecular weight is 343 g/mol. The number of hydrogen-bond donors (Lipinski definition) is 0. The van der Waals surface area contributed by atoms with Gasteiger partial charge in [-0.15, -0.1) is 0 Å². The van der Waals surface area contributed by atoms with Crippen molar-refractivity contribution in [2.75, 3.05) is 0 Å². The van der Waals surface area contributed by atoms with Crippen molar-refractivity contribution in [3.63, 3.8) is 0 Å². The third kappa shape index (κ3) is 12.5. The molecule has 0 heterocycles. The second-order valence-corrected chi connectivity index (χ2v) is 7.09. The highest BCUT2D eigenvalue weighted by atomic mass is 19.2. The standard InChI is InChI=1S/C21H39FO2/c1-5-7-9-10-11-12-13-14-16-18-21(22,17-15-8-6-2)24-20(23)19(3)4/h3,5-18H2,1-2,4H3. The van der Waals surface area contributed by atoms with Crippen molar-refractivity contribution < 1.29 is 13.9 Å². The summed E-state index contributed by atoms with van der Waals surface area (Å²) in [5.74, 6) is -2.42. The van der Waals surface area contributed by atoms with Gasteiger partial charge < -0.3 is 4.74 Å². The van der Waals surface area contributed by atoms with Gasteiger partial charge in [-0.25, -0.2) is 4.79 Å². The van der Waals surface area contributed by atoms with E-state index < -0.39 is 11.8 Å². The minimum Gasteiger partial charge on any atom is -0.425 e. The van der Waals surface area contributed by atoms with Crippen LogP contribution in [0.25, 0.3) is 0 Å². The molecule has 0 spiro atoms. The molecule has 0 rings (SSSR count). The zero-order valence-corrected chi connectivity index (χ0v) is 16.3. The fourth-order valence-corrected chi connectivity index (χ4v) is 2.82. The number of esters is 1. The molecule has 0 aromatic heterocycles. The summed E-state index contributed by atoms with van der Waals surface area (Å²) < 4.78 is 20.1. The number of hydrogen-bond acceptors (Lipinski definition) is 2. The predicted molar refractivity (Wildman–Crippen MR) is 101 cm³/mol. The quantitative estimate of drug-likeness (QED) is 0.167. The Morgan fingerprint density at radius 3 is 1.67 bits per heavy atom. The van der Waals surface area contributed by atoms with E-state index in [2.05, 4.69) is 20.4 Å². The molecular formula is C21H39FO2. The maximum atomic E-state index is 15.0. The summed E-state index contributed by atoms with van der Waals surface area (Å²) in [7, 11) is 0. The molecule has 3 heteroatoms. The molecule has 0 radical (unpaired) electrons. The first-order valence-corrected chi connectivity index (χ1v) is 10.0. The van der Waals surface area contributed by atoms with Crippen molar-refractivity contribution in [2.24, 2.45) is 0 Å². The van der Waals surface area contributed by atoms with Gasteiger partial charge in [0.05, 0.1) is 0 Å². The molecule has 0 saturated carbocycles. The highest BCUT2D eigenvalue weighted by molar-refractivity contribution is 5.87. The van der Waals surface area contributed by atoms with E-state index in [-0.39, 0.29) is 5.57 Å². The van der Waals surface area contributed by atoms with Gasteiger partial charge in [0.15, 0.2) is 0 Å². The zero-order valence-electron chi connectivity index (χ0n) is 16.3. The van der Waals surface area contributed by atoms with Crippen LogP contribution >= 0.6 is 0 Å². The SMILES string of the molecule is C=C(C)C(=O)OC(F)(CCCCC)CCCCCCCCCCC. The minimum atomic E-state index is -1.81. The Morgan fingerprint density at radius 2 is 1.21 bits per heavy atom. The Morgan fingerprint density at radius 1 is 0.833 bits per heavy atom. The molecule has 0 fully saturated rings. The summed E-state index contributed by atoms with van der Waals surface area (Å²) in [4.78, 5) is 11.7. The van der Waals surface area contributed by atoms with Crippen LogP contribution in [0.1, 0.15) is 111 Å². The third-order valence-electron chi connectivity index (χ3n) is 4.43. The van der Waals surface area contributed by atoms with Gasteiger partial charge in [0.2, 0.25) is 0 Å². The van der Waals surface area contributed by atoms with E-state index in [4.69, 9.17) is 4.74 Å². The van der Waals surface area contributed by atoms with Crippen molar-refractivity contribution in [1.29, 1.82) is 0 Å². The van der Waals surface area contributed by atoms with Crippen LogP contribution in [0.5, 0.6) is 0 Å². The molecule has 2 nitrogen and oxygen atoms in total. The minimum absolute atomic E-state index is 0.264. The van der Waals surface area contributed by atoms with Crippen molar-refractivity contribution in [1.82, 2.24) is 0 Å². The Bertz CT molecular complexity index is 341. The Labute approximate surface area is 149 Å². The molecule has 0 aliphatic rings. The predicted octanol–water partition coefficient (Wildman–Crippen LogP) is 7.27. The summed E-state index contributed by atoms with van der Waals surface area (Å²) in [5, 5.41) is 0. The van der Waals surface area contributed by atoms with E-state index in [9.17, 15) is 9.18 Å². The lowest BCUT2D eigenvalue weighted by Crippen LogP contribution is -2.30. The fourth-order valence-electron chi connectivity index (χ4n) is 2.82. The zero-order chi connectivity index (χ0) is 18.3. The van der Waals surface area contributed by atoms with E-state index in [1.165, 1.54) is 38.5 Å². The molecular weight excluding hydrogens is 303 g/mol. The largest absolute Gasteiger partial charge is 0.425 e. The van der Waals surface area contributed by atoms with Gasteiger partial charge in [-0.05, 0) is 19.8 Å². The fraction of sp³-hybridized carbons (Fsp3) is 0.857. The second-order valence-electron chi connectivity index (χ2n) is 7.09. The lowest BCUT2D eigenvalue weighted by molar-refractivity contribution is -0.182. The Balaban J connectivity index is 4.03. The van der Waals surface area contributed by atoms with Crippen molar-refractivity contribution >= 4 is 5.97 Å². The van der Waals surface area contributed by atoms with Crippen molar-refractivity contribution in [3.8, 4) is 0 Å². The lowest BCUT2D eigenvalue weighted by atomic mass is 10.0. The topological polar surface area (TPSA) is 26.3 Å². The third-order valence-corrected chi connectivity index (χ3v) is 4.43. The molecule has 24 heavy (non-hydrogen) atoms. The first-order valence-electron chi connectivity index (χ1n) is 10.0. The number of halogens is 1. The summed E-state index contributed by atoms with van der Waals surface area (Å²) in [6.07, 6.45) is 14.1. The van der Waals surface area contributed by atoms with E-state index in [1.807, 2.05) is 0 Å². The van der Waals surface area contributed by atoms with Gasteiger partial charge in [0.1, 0.15) is 0 Å². The smallest absolute Gasteiger partial charge is 0.335 e. The van der Waals surface area contributed by atoms with E-state index in [1.54, 1.807) is 6.92 Å². The normalized spacial score (nSPS) is 13.5. The van der Waals surface area contributed by atoms with Gasteiger partial charge >= 0.3 is 5.97 Å². The number of carbonyl (C=O) groups excluding carboxylic acids is 1. The summed E-state index contributed by atoms with van der Waals surface area (Å²) >= 11 is 0. The number of rotatable bonds is 16. The molecule has 0 N–H and O–H groups in total. The van der Waals surface area contributed by atoms with Crippen LogP contribution in [0.15, 0.2) is 12.2 Å². The van der Waals surface area contributed by atoms with Crippen LogP contribution in [0.4, 0.5) is 4.39 Å². The molecule has 0 aromatic carbocycles. The molecule has 0 aliphatic carbocycles. The van der Waals surface area contributed by atoms with E-state index in [0.717, 1.165) is 38.5 Å². The first kappa shape index (κ1) is 23.1. The first-order chi connectivity index (χ1) is 11.4. The highest BCUT2D eigenvalue weighted by Gasteiger charge is 2.33. The maximum absolute atomic E-state index is 15.0. The number of carbonyl (C=O) groups is 1. The van der Waals surface area contributed by atoms with E-state index >= 15 is 0 Å². The van der Waals surface area contributed by atoms with Crippen LogP contribution in [0.2, 0.25) is 0 Å². The highest BCUT2D eigenvalue weighted by Crippen LogP contribution is 2.29. The lowest BCUT2D eigenvalue weighted by Gasteiger charge is -2.25. The van der Waals surface area contributed by atoms with Crippen LogP contribution in [-0.4, -0.2) is 11.8 Å². The van der Waals surface area contributed by atoms with Crippen LogP contribution in [0.3, 0.4) is 0 Å². The summed E-state index contributed by atoms with van der Waals surface area (Å²) in [6, 6.07) is 0. The molecule has 0 amide bonds. The number of alkyl halides is 1. The van der Waals surface area contributed by atoms with Gasteiger partial charge in [-0.2, -0.15) is 4.39 Å².